The highest BCUT2D eigenvalue weighted by Gasteiger charge is 2.19. The van der Waals surface area contributed by atoms with Gasteiger partial charge in [-0.2, -0.15) is 0 Å². The smallest absolute Gasteiger partial charge is 0.293 e. The largest absolute Gasteiger partial charge is 0.459 e. The molecule has 2 aromatic rings. The van der Waals surface area contributed by atoms with Crippen molar-refractivity contribution in [2.45, 2.75) is 13.8 Å². The zero-order valence-electron chi connectivity index (χ0n) is 11.9. The molecule has 8 heteroatoms. The highest BCUT2D eigenvalue weighted by Crippen LogP contribution is 2.29. The van der Waals surface area contributed by atoms with Crippen LogP contribution in [0.25, 0.3) is 0 Å². The molecule has 1 heterocycles. The Bertz CT molecular complexity index is 741. The maximum atomic E-state index is 11.8. The number of nitrogens with zero attached hydrogens (tertiary/aromatic N) is 1. The minimum absolute atomic E-state index is 0.0450. The van der Waals surface area contributed by atoms with Crippen molar-refractivity contribution in [3.8, 4) is 0 Å². The van der Waals surface area contributed by atoms with Crippen LogP contribution >= 0.6 is 12.2 Å². The standard InChI is InChI=1S/C14H13N3O4S/c1-8-6-9(2)12(10(7-8)17(19)20)15-14(22)16-13(18)11-4-3-5-21-11/h3-7H,1-2H3,(H2,15,16,18,22). The second-order valence-electron chi connectivity index (χ2n) is 4.62. The van der Waals surface area contributed by atoms with Crippen LogP contribution in [-0.4, -0.2) is 15.9 Å². The highest BCUT2D eigenvalue weighted by molar-refractivity contribution is 7.80. The van der Waals surface area contributed by atoms with Gasteiger partial charge in [-0.25, -0.2) is 0 Å². The van der Waals surface area contributed by atoms with E-state index in [1.54, 1.807) is 26.0 Å². The lowest BCUT2D eigenvalue weighted by atomic mass is 10.1. The van der Waals surface area contributed by atoms with Crippen molar-refractivity contribution >= 4 is 34.6 Å². The number of furan rings is 1. The van der Waals surface area contributed by atoms with Gasteiger partial charge in [-0.1, -0.05) is 6.07 Å². The van der Waals surface area contributed by atoms with E-state index < -0.39 is 10.8 Å². The van der Waals surface area contributed by atoms with Crippen LogP contribution in [0.3, 0.4) is 0 Å². The third-order valence-electron chi connectivity index (χ3n) is 2.87. The molecule has 0 aliphatic rings. The topological polar surface area (TPSA) is 97.4 Å². The number of hydrogen-bond acceptors (Lipinski definition) is 5. The zero-order chi connectivity index (χ0) is 16.3. The number of aryl methyl sites for hydroxylation is 2. The summed E-state index contributed by atoms with van der Waals surface area (Å²) in [5, 5.41) is 16.2. The average molecular weight is 319 g/mol. The van der Waals surface area contributed by atoms with Crippen molar-refractivity contribution in [3.63, 3.8) is 0 Å². The Morgan fingerprint density at radius 1 is 1.36 bits per heavy atom. The molecule has 1 aromatic heterocycles. The van der Waals surface area contributed by atoms with E-state index >= 15 is 0 Å². The first-order chi connectivity index (χ1) is 10.4. The summed E-state index contributed by atoms with van der Waals surface area (Å²) in [7, 11) is 0. The predicted molar refractivity (Wildman–Crippen MR) is 85.0 cm³/mol. The van der Waals surface area contributed by atoms with E-state index in [1.165, 1.54) is 18.4 Å². The van der Waals surface area contributed by atoms with E-state index in [4.69, 9.17) is 16.6 Å². The quantitative estimate of drug-likeness (QED) is 0.513. The van der Waals surface area contributed by atoms with Crippen molar-refractivity contribution in [1.82, 2.24) is 5.32 Å². The lowest BCUT2D eigenvalue weighted by Gasteiger charge is -2.12. The van der Waals surface area contributed by atoms with E-state index in [1.807, 2.05) is 0 Å². The predicted octanol–water partition coefficient (Wildman–Crippen LogP) is 2.93. The maximum absolute atomic E-state index is 11.8. The number of nitro groups is 1. The Balaban J connectivity index is 2.18. The minimum atomic E-state index is -0.532. The van der Waals surface area contributed by atoms with E-state index in [-0.39, 0.29) is 22.2 Å². The first-order valence-electron chi connectivity index (χ1n) is 6.30. The van der Waals surface area contributed by atoms with Gasteiger partial charge in [0.2, 0.25) is 0 Å². The number of amides is 1. The van der Waals surface area contributed by atoms with Crippen LogP contribution in [0.15, 0.2) is 34.9 Å². The summed E-state index contributed by atoms with van der Waals surface area (Å²) < 4.78 is 4.94. The second-order valence-corrected chi connectivity index (χ2v) is 5.03. The fourth-order valence-electron chi connectivity index (χ4n) is 1.97. The number of nitrogens with one attached hydrogen (secondary N) is 2. The summed E-state index contributed by atoms with van der Waals surface area (Å²) in [6.07, 6.45) is 1.36. The van der Waals surface area contributed by atoms with Crippen LogP contribution in [0.1, 0.15) is 21.7 Å². The van der Waals surface area contributed by atoms with Crippen molar-refractivity contribution in [3.05, 3.63) is 57.5 Å². The monoisotopic (exact) mass is 319 g/mol. The summed E-state index contributed by atoms with van der Waals surface area (Å²) in [6, 6.07) is 6.27. The average Bonchev–Trinajstić information content (AvgIpc) is 2.95. The molecule has 0 saturated carbocycles. The molecule has 0 aliphatic heterocycles. The third-order valence-corrected chi connectivity index (χ3v) is 3.07. The molecule has 0 fully saturated rings. The Morgan fingerprint density at radius 3 is 2.68 bits per heavy atom. The first kappa shape index (κ1) is 15.6. The zero-order valence-corrected chi connectivity index (χ0v) is 12.7. The Hall–Kier alpha value is -2.74. The van der Waals surface area contributed by atoms with Gasteiger partial charge in [0.05, 0.1) is 11.2 Å². The Labute approximate surface area is 131 Å². The van der Waals surface area contributed by atoms with Gasteiger partial charge in [0.15, 0.2) is 10.9 Å². The summed E-state index contributed by atoms with van der Waals surface area (Å²) in [5.74, 6) is -0.436. The molecule has 2 N–H and O–H groups in total. The summed E-state index contributed by atoms with van der Waals surface area (Å²) in [6.45, 7) is 3.49. The van der Waals surface area contributed by atoms with Gasteiger partial charge in [0, 0.05) is 6.07 Å². The van der Waals surface area contributed by atoms with Gasteiger partial charge >= 0.3 is 0 Å². The summed E-state index contributed by atoms with van der Waals surface area (Å²) in [5.41, 5.74) is 1.56. The summed E-state index contributed by atoms with van der Waals surface area (Å²) in [4.78, 5) is 22.4. The molecule has 0 unspecified atom stereocenters. The number of thiocarbonyl (C=S) groups is 1. The van der Waals surface area contributed by atoms with Crippen molar-refractivity contribution < 1.29 is 14.1 Å². The lowest BCUT2D eigenvalue weighted by Crippen LogP contribution is -2.34. The van der Waals surface area contributed by atoms with E-state index in [2.05, 4.69) is 10.6 Å². The molecule has 1 aromatic carbocycles. The molecule has 0 aliphatic carbocycles. The fraction of sp³-hybridized carbons (Fsp3) is 0.143. The van der Waals surface area contributed by atoms with Crippen LogP contribution in [0, 0.1) is 24.0 Å². The number of rotatable bonds is 3. The molecule has 1 amide bonds. The van der Waals surface area contributed by atoms with Crippen LogP contribution in [0.5, 0.6) is 0 Å². The van der Waals surface area contributed by atoms with Gasteiger partial charge in [-0.05, 0) is 49.3 Å². The van der Waals surface area contributed by atoms with Gasteiger partial charge in [0.25, 0.3) is 11.6 Å². The van der Waals surface area contributed by atoms with E-state index in [0.717, 1.165) is 5.56 Å². The third kappa shape index (κ3) is 3.47. The second kappa shape index (κ2) is 6.35. The Morgan fingerprint density at radius 2 is 2.09 bits per heavy atom. The van der Waals surface area contributed by atoms with E-state index in [0.29, 0.717) is 5.56 Å². The first-order valence-corrected chi connectivity index (χ1v) is 6.71. The molecule has 2 rings (SSSR count). The van der Waals surface area contributed by atoms with Gasteiger partial charge in [-0.3, -0.25) is 20.2 Å². The fourth-order valence-corrected chi connectivity index (χ4v) is 2.16. The van der Waals surface area contributed by atoms with Crippen molar-refractivity contribution in [2.24, 2.45) is 0 Å². The van der Waals surface area contributed by atoms with Gasteiger partial charge < -0.3 is 9.73 Å². The molecular formula is C14H13N3O4S. The van der Waals surface area contributed by atoms with Gasteiger partial charge in [-0.15, -0.1) is 0 Å². The lowest BCUT2D eigenvalue weighted by molar-refractivity contribution is -0.384. The molecule has 7 nitrogen and oxygen atoms in total. The normalized spacial score (nSPS) is 10.1. The molecular weight excluding hydrogens is 306 g/mol. The molecule has 0 saturated heterocycles. The van der Waals surface area contributed by atoms with Crippen LogP contribution < -0.4 is 10.6 Å². The van der Waals surface area contributed by atoms with Gasteiger partial charge in [0.1, 0.15) is 5.69 Å². The molecule has 22 heavy (non-hydrogen) atoms. The number of anilines is 1. The SMILES string of the molecule is Cc1cc(C)c(NC(=S)NC(=O)c2ccco2)c([N+](=O)[O-])c1. The molecule has 0 spiro atoms. The van der Waals surface area contributed by atoms with Crippen molar-refractivity contribution in [1.29, 1.82) is 0 Å². The van der Waals surface area contributed by atoms with Crippen LogP contribution in [-0.2, 0) is 0 Å². The van der Waals surface area contributed by atoms with Crippen molar-refractivity contribution in [2.75, 3.05) is 5.32 Å². The molecule has 0 radical (unpaired) electrons. The summed E-state index contributed by atoms with van der Waals surface area (Å²) >= 11 is 5.02. The molecule has 114 valence electrons. The Kier molecular flexibility index (Phi) is 4.52. The van der Waals surface area contributed by atoms with Crippen LogP contribution in [0.2, 0.25) is 0 Å². The van der Waals surface area contributed by atoms with E-state index in [9.17, 15) is 14.9 Å². The minimum Gasteiger partial charge on any atom is -0.459 e. The number of carbonyl (C=O) groups is 1. The highest BCUT2D eigenvalue weighted by atomic mass is 32.1. The number of benzene rings is 1. The molecule has 0 atom stereocenters. The number of carbonyl (C=O) groups excluding carboxylic acids is 1. The number of nitro benzene ring substituents is 1. The van der Waals surface area contributed by atoms with Crippen LogP contribution in [0.4, 0.5) is 11.4 Å². The number of hydrogen-bond donors (Lipinski definition) is 2. The molecule has 0 bridgehead atoms. The maximum Gasteiger partial charge on any atom is 0.293 e.